The Bertz CT molecular complexity index is 1340. The summed E-state index contributed by atoms with van der Waals surface area (Å²) in [5, 5.41) is 28.6. The quantitative estimate of drug-likeness (QED) is 0.118. The summed E-state index contributed by atoms with van der Waals surface area (Å²) in [6.45, 7) is 3.40. The van der Waals surface area contributed by atoms with Gasteiger partial charge in [-0.15, -0.1) is 0 Å². The highest BCUT2D eigenvalue weighted by atomic mass is 79.9. The Labute approximate surface area is 244 Å². The van der Waals surface area contributed by atoms with Crippen LogP contribution >= 0.6 is 27.5 Å². The molecule has 0 fully saturated rings. The van der Waals surface area contributed by atoms with E-state index in [0.717, 1.165) is 0 Å². The number of allylic oxidation sites excluding steroid dienone is 1. The van der Waals surface area contributed by atoms with E-state index in [1.165, 1.54) is 13.3 Å². The Morgan fingerprint density at radius 3 is 2.75 bits per heavy atom. The topological polar surface area (TPSA) is 164 Å². The lowest BCUT2D eigenvalue weighted by Gasteiger charge is -2.28. The number of nitrogens with one attached hydrogen (secondary N) is 3. The number of carbonyl (C=O) groups is 2. The third kappa shape index (κ3) is 7.78. The lowest BCUT2D eigenvalue weighted by Crippen LogP contribution is -2.45. The number of urea groups is 1. The van der Waals surface area contributed by atoms with Crippen molar-refractivity contribution in [2.75, 3.05) is 26.9 Å². The van der Waals surface area contributed by atoms with E-state index in [2.05, 4.69) is 37.1 Å². The molecule has 0 aliphatic carbocycles. The summed E-state index contributed by atoms with van der Waals surface area (Å²) in [5.74, 6) is 0.442. The maximum absolute atomic E-state index is 12.4. The van der Waals surface area contributed by atoms with Crippen molar-refractivity contribution in [3.05, 3.63) is 62.2 Å². The van der Waals surface area contributed by atoms with E-state index in [-0.39, 0.29) is 23.8 Å². The van der Waals surface area contributed by atoms with Crippen LogP contribution in [0.25, 0.3) is 0 Å². The van der Waals surface area contributed by atoms with Crippen LogP contribution < -0.4 is 30.3 Å². The molecule has 212 valence electrons. The van der Waals surface area contributed by atoms with Gasteiger partial charge in [0.05, 0.1) is 41.0 Å². The predicted octanol–water partition coefficient (Wildman–Crippen LogP) is 3.53. The fourth-order valence-electron chi connectivity index (χ4n) is 3.72. The van der Waals surface area contributed by atoms with Crippen molar-refractivity contribution in [1.82, 2.24) is 16.1 Å². The zero-order chi connectivity index (χ0) is 29.2. The number of hydrazone groups is 1. The van der Waals surface area contributed by atoms with Crippen LogP contribution in [0.2, 0.25) is 5.02 Å². The van der Waals surface area contributed by atoms with E-state index in [1.54, 1.807) is 44.2 Å². The molecule has 0 unspecified atom stereocenters. The van der Waals surface area contributed by atoms with Crippen molar-refractivity contribution in [3.8, 4) is 23.3 Å². The molecule has 1 aliphatic rings. The van der Waals surface area contributed by atoms with Crippen molar-refractivity contribution in [2.24, 2.45) is 5.10 Å². The molecule has 0 radical (unpaired) electrons. The van der Waals surface area contributed by atoms with Gasteiger partial charge in [0.25, 0.3) is 0 Å². The summed E-state index contributed by atoms with van der Waals surface area (Å²) in [4.78, 5) is 24.5. The summed E-state index contributed by atoms with van der Waals surface area (Å²) in [6.07, 6.45) is 0.263. The molecule has 0 saturated heterocycles. The Hall–Kier alpha value is -3.99. The number of hydrogen-bond donors (Lipinski definition) is 4. The number of rotatable bonds is 12. The second-order valence-electron chi connectivity index (χ2n) is 8.18. The van der Waals surface area contributed by atoms with Gasteiger partial charge in [-0.3, -0.25) is 5.43 Å². The summed E-state index contributed by atoms with van der Waals surface area (Å²) in [7, 11) is 1.26. The average Bonchev–Trinajstić information content (AvgIpc) is 2.91. The Morgan fingerprint density at radius 2 is 2.08 bits per heavy atom. The largest absolute Gasteiger partial charge is 0.490 e. The average molecular weight is 637 g/mol. The highest BCUT2D eigenvalue weighted by Crippen LogP contribution is 2.35. The summed E-state index contributed by atoms with van der Waals surface area (Å²) in [5.41, 5.74) is 4.37. The smallest absolute Gasteiger partial charge is 0.337 e. The lowest BCUT2D eigenvalue weighted by molar-refractivity contribution is -0.136. The molecule has 2 aromatic rings. The number of halogens is 2. The van der Waals surface area contributed by atoms with Gasteiger partial charge in [0, 0.05) is 5.70 Å². The molecule has 2 aromatic carbocycles. The van der Waals surface area contributed by atoms with Gasteiger partial charge < -0.3 is 34.7 Å². The van der Waals surface area contributed by atoms with Crippen LogP contribution in [0.1, 0.15) is 31.0 Å². The fraction of sp³-hybridized carbons (Fsp3) is 0.308. The lowest BCUT2D eigenvalue weighted by atomic mass is 9.95. The fourth-order valence-corrected chi connectivity index (χ4v) is 4.71. The van der Waals surface area contributed by atoms with E-state index < -0.39 is 24.3 Å². The molecule has 14 heteroatoms. The number of amides is 2. The van der Waals surface area contributed by atoms with E-state index in [1.807, 2.05) is 6.07 Å². The molecule has 1 heterocycles. The summed E-state index contributed by atoms with van der Waals surface area (Å²) >= 11 is 9.54. The minimum absolute atomic E-state index is 0.146. The number of nitriles is 1. The number of methoxy groups -OCH3 is 1. The molecular formula is C26H27BrClN5O7. The summed E-state index contributed by atoms with van der Waals surface area (Å²) < 4.78 is 22.2. The normalized spacial score (nSPS) is 15.5. The SMILES string of the molecule is CCOc1cc([C@@H]2NC(=O)NC(C)=C2C(=O)OC)ccc1OC[C@@H](O)N/N=C\c1cc(Cl)c(OCC#N)c(Br)c1. The highest BCUT2D eigenvalue weighted by molar-refractivity contribution is 9.10. The van der Waals surface area contributed by atoms with Gasteiger partial charge >= 0.3 is 12.0 Å². The van der Waals surface area contributed by atoms with Crippen LogP contribution in [0.5, 0.6) is 17.2 Å². The predicted molar refractivity (Wildman–Crippen MR) is 149 cm³/mol. The molecule has 0 bridgehead atoms. The second-order valence-corrected chi connectivity index (χ2v) is 9.44. The van der Waals surface area contributed by atoms with E-state index >= 15 is 0 Å². The van der Waals surface area contributed by atoms with Crippen LogP contribution in [-0.4, -0.2) is 56.5 Å². The van der Waals surface area contributed by atoms with Gasteiger partial charge in [0.15, 0.2) is 30.1 Å². The highest BCUT2D eigenvalue weighted by Gasteiger charge is 2.32. The molecule has 0 saturated carbocycles. The van der Waals surface area contributed by atoms with E-state index in [0.29, 0.717) is 45.2 Å². The molecular weight excluding hydrogens is 610 g/mol. The second kappa shape index (κ2) is 14.4. The first-order chi connectivity index (χ1) is 19.2. The van der Waals surface area contributed by atoms with Crippen LogP contribution in [0.15, 0.2) is 51.2 Å². The van der Waals surface area contributed by atoms with Crippen molar-refractivity contribution in [3.63, 3.8) is 0 Å². The number of carbonyl (C=O) groups excluding carboxylic acids is 2. The molecule has 0 aromatic heterocycles. The van der Waals surface area contributed by atoms with Gasteiger partial charge in [-0.25, -0.2) is 9.59 Å². The van der Waals surface area contributed by atoms with Gasteiger partial charge in [-0.1, -0.05) is 17.7 Å². The Balaban J connectivity index is 1.68. The molecule has 3 rings (SSSR count). The van der Waals surface area contributed by atoms with Crippen LogP contribution in [-0.2, 0) is 9.53 Å². The van der Waals surface area contributed by atoms with Gasteiger partial charge in [0.2, 0.25) is 0 Å². The first kappa shape index (κ1) is 30.6. The Kier molecular flexibility index (Phi) is 11.0. The number of hydrogen-bond acceptors (Lipinski definition) is 10. The van der Waals surface area contributed by atoms with Crippen molar-refractivity contribution in [2.45, 2.75) is 26.1 Å². The van der Waals surface area contributed by atoms with Crippen LogP contribution in [0.4, 0.5) is 4.79 Å². The monoisotopic (exact) mass is 635 g/mol. The molecule has 0 spiro atoms. The van der Waals surface area contributed by atoms with Gasteiger partial charge in [0.1, 0.15) is 12.7 Å². The molecule has 2 atom stereocenters. The number of benzene rings is 2. The van der Waals surface area contributed by atoms with Crippen molar-refractivity contribution in [1.29, 1.82) is 5.26 Å². The van der Waals surface area contributed by atoms with Crippen molar-refractivity contribution < 1.29 is 33.6 Å². The Morgan fingerprint density at radius 1 is 1.30 bits per heavy atom. The van der Waals surface area contributed by atoms with Gasteiger partial charge in [-0.2, -0.15) is 10.4 Å². The van der Waals surface area contributed by atoms with Crippen LogP contribution in [0.3, 0.4) is 0 Å². The van der Waals surface area contributed by atoms with Crippen molar-refractivity contribution >= 4 is 45.7 Å². The third-order valence-corrected chi connectivity index (χ3v) is 6.28. The molecule has 4 N–H and O–H groups in total. The minimum atomic E-state index is -1.18. The molecule has 1 aliphatic heterocycles. The standard InChI is InChI=1S/C26H27BrClN5O7/c1-4-38-20-11-16(23-22(25(35)37-3)14(2)31-26(36)32-23)5-6-19(20)40-13-21(34)33-30-12-15-9-17(27)24(18(28)10-15)39-8-7-29/h5-6,9-12,21,23,33-34H,4,8,13H2,1-3H3,(H2,31,32,36)/b30-12-/t21-,23+/m1/s1. The maximum atomic E-state index is 12.4. The molecule has 40 heavy (non-hydrogen) atoms. The summed E-state index contributed by atoms with van der Waals surface area (Å²) in [6, 6.07) is 8.87. The minimum Gasteiger partial charge on any atom is -0.490 e. The first-order valence-electron chi connectivity index (χ1n) is 11.9. The first-order valence-corrected chi connectivity index (χ1v) is 13.1. The molecule has 2 amide bonds. The maximum Gasteiger partial charge on any atom is 0.337 e. The zero-order valence-corrected chi connectivity index (χ0v) is 24.1. The number of aliphatic hydroxyl groups is 1. The van der Waals surface area contributed by atoms with Crippen LogP contribution in [0, 0.1) is 11.3 Å². The number of esters is 1. The van der Waals surface area contributed by atoms with E-state index in [4.69, 9.17) is 35.8 Å². The number of ether oxygens (including phenoxy) is 4. The zero-order valence-electron chi connectivity index (χ0n) is 21.8. The molecule has 12 nitrogen and oxygen atoms in total. The third-order valence-electron chi connectivity index (χ3n) is 5.41. The van der Waals surface area contributed by atoms with Gasteiger partial charge in [-0.05, 0) is 65.2 Å². The number of nitrogens with zero attached hydrogens (tertiary/aromatic N) is 2. The number of aliphatic hydroxyl groups excluding tert-OH is 1. The van der Waals surface area contributed by atoms with E-state index in [9.17, 15) is 14.7 Å².